The summed E-state index contributed by atoms with van der Waals surface area (Å²) in [6.45, 7) is 5.62. The molecule has 0 N–H and O–H groups in total. The van der Waals surface area contributed by atoms with Crippen molar-refractivity contribution in [2.24, 2.45) is 0 Å². The Hall–Kier alpha value is -1.30. The summed E-state index contributed by atoms with van der Waals surface area (Å²) in [5, 5.41) is 0.641. The largest absolute Gasteiger partial charge is 0.491 e. The molecule has 0 bridgehead atoms. The molecule has 2 aliphatic rings. The minimum atomic E-state index is 0.138. The van der Waals surface area contributed by atoms with E-state index in [4.69, 9.17) is 21.1 Å². The molecule has 0 saturated carbocycles. The third-order valence-corrected chi connectivity index (χ3v) is 4.97. The first-order valence-corrected chi connectivity index (χ1v) is 9.09. The smallest absolute Gasteiger partial charge is 0.225 e. The minimum absolute atomic E-state index is 0.138. The van der Waals surface area contributed by atoms with E-state index in [2.05, 4.69) is 4.90 Å². The van der Waals surface area contributed by atoms with E-state index in [1.807, 2.05) is 29.2 Å². The highest BCUT2D eigenvalue weighted by Gasteiger charge is 2.25. The topological polar surface area (TPSA) is 42.0 Å². The third kappa shape index (κ3) is 4.85. The van der Waals surface area contributed by atoms with Gasteiger partial charge in [0.25, 0.3) is 0 Å². The number of carbonyl (C=O) groups is 1. The van der Waals surface area contributed by atoms with Gasteiger partial charge in [0.15, 0.2) is 0 Å². The maximum absolute atomic E-state index is 12.3. The molecule has 2 fully saturated rings. The van der Waals surface area contributed by atoms with Crippen molar-refractivity contribution in [3.8, 4) is 5.75 Å². The first kappa shape index (κ1) is 17.5. The molecule has 0 aliphatic carbocycles. The molecule has 0 radical (unpaired) electrons. The van der Waals surface area contributed by atoms with Crippen LogP contribution in [0.15, 0.2) is 24.3 Å². The van der Waals surface area contributed by atoms with Crippen LogP contribution in [0.25, 0.3) is 0 Å². The van der Waals surface area contributed by atoms with Crippen LogP contribution in [0.4, 0.5) is 0 Å². The number of nitrogens with zero attached hydrogens (tertiary/aromatic N) is 2. The Morgan fingerprint density at radius 1 is 1.25 bits per heavy atom. The highest BCUT2D eigenvalue weighted by molar-refractivity contribution is 6.32. The first-order chi connectivity index (χ1) is 11.7. The van der Waals surface area contributed by atoms with Gasteiger partial charge in [0.05, 0.1) is 17.5 Å². The summed E-state index contributed by atoms with van der Waals surface area (Å²) in [4.78, 5) is 16.6. The standard InChI is InChI=1S/C18H25ClN2O3/c19-16-5-1-2-6-17(16)24-13-11-20-7-9-21(10-8-20)18(22)14-15-4-3-12-23-15/h1-2,5-6,15H,3-4,7-14H2. The van der Waals surface area contributed by atoms with E-state index in [9.17, 15) is 4.79 Å². The molecule has 1 amide bonds. The van der Waals surface area contributed by atoms with E-state index in [1.54, 1.807) is 0 Å². The number of rotatable bonds is 6. The summed E-state index contributed by atoms with van der Waals surface area (Å²) in [7, 11) is 0. The lowest BCUT2D eigenvalue weighted by molar-refractivity contribution is -0.135. The SMILES string of the molecule is O=C(CC1CCCO1)N1CCN(CCOc2ccccc2Cl)CC1. The number of hydrogen-bond donors (Lipinski definition) is 0. The van der Waals surface area contributed by atoms with E-state index in [0.717, 1.165) is 57.9 Å². The lowest BCUT2D eigenvalue weighted by atomic mass is 10.1. The van der Waals surface area contributed by atoms with Crippen molar-refractivity contribution in [1.82, 2.24) is 9.80 Å². The van der Waals surface area contributed by atoms with Crippen LogP contribution in [0, 0.1) is 0 Å². The molecule has 6 heteroatoms. The van der Waals surface area contributed by atoms with Crippen molar-refractivity contribution in [1.29, 1.82) is 0 Å². The van der Waals surface area contributed by atoms with Gasteiger partial charge in [-0.05, 0) is 25.0 Å². The monoisotopic (exact) mass is 352 g/mol. The van der Waals surface area contributed by atoms with E-state index < -0.39 is 0 Å². The van der Waals surface area contributed by atoms with E-state index in [1.165, 1.54) is 0 Å². The van der Waals surface area contributed by atoms with Crippen LogP contribution in [0.1, 0.15) is 19.3 Å². The van der Waals surface area contributed by atoms with Crippen molar-refractivity contribution < 1.29 is 14.3 Å². The Bertz CT molecular complexity index is 541. The van der Waals surface area contributed by atoms with Gasteiger partial charge in [-0.15, -0.1) is 0 Å². The van der Waals surface area contributed by atoms with Crippen LogP contribution < -0.4 is 4.74 Å². The van der Waals surface area contributed by atoms with Crippen LogP contribution in [-0.4, -0.2) is 67.7 Å². The number of amides is 1. The zero-order valence-electron chi connectivity index (χ0n) is 14.0. The maximum Gasteiger partial charge on any atom is 0.225 e. The van der Waals surface area contributed by atoms with Gasteiger partial charge in [0.2, 0.25) is 5.91 Å². The fourth-order valence-corrected chi connectivity index (χ4v) is 3.39. The number of ether oxygens (including phenoxy) is 2. The Labute approximate surface area is 148 Å². The first-order valence-electron chi connectivity index (χ1n) is 8.71. The number of para-hydroxylation sites is 1. The molecule has 24 heavy (non-hydrogen) atoms. The van der Waals surface area contributed by atoms with Gasteiger partial charge in [0.1, 0.15) is 12.4 Å². The summed E-state index contributed by atoms with van der Waals surface area (Å²) in [6.07, 6.45) is 2.78. The molecule has 1 unspecified atom stereocenters. The average Bonchev–Trinajstić information content (AvgIpc) is 3.10. The summed E-state index contributed by atoms with van der Waals surface area (Å²) in [5.74, 6) is 0.957. The molecular weight excluding hydrogens is 328 g/mol. The van der Waals surface area contributed by atoms with Gasteiger partial charge in [-0.3, -0.25) is 9.69 Å². The number of piperazine rings is 1. The molecule has 1 aromatic carbocycles. The molecule has 2 heterocycles. The lowest BCUT2D eigenvalue weighted by Crippen LogP contribution is -2.50. The lowest BCUT2D eigenvalue weighted by Gasteiger charge is -2.35. The Kier molecular flexibility index (Phi) is 6.35. The van der Waals surface area contributed by atoms with Crippen molar-refractivity contribution in [2.75, 3.05) is 45.9 Å². The zero-order valence-corrected chi connectivity index (χ0v) is 14.7. The third-order valence-electron chi connectivity index (χ3n) is 4.65. The average molecular weight is 353 g/mol. The number of benzene rings is 1. The van der Waals surface area contributed by atoms with E-state index in [0.29, 0.717) is 18.1 Å². The predicted molar refractivity (Wildman–Crippen MR) is 93.6 cm³/mol. The maximum atomic E-state index is 12.3. The fraction of sp³-hybridized carbons (Fsp3) is 0.611. The molecule has 0 spiro atoms. The van der Waals surface area contributed by atoms with E-state index in [-0.39, 0.29) is 12.0 Å². The van der Waals surface area contributed by atoms with Gasteiger partial charge in [0, 0.05) is 39.3 Å². The molecular formula is C18H25ClN2O3. The fourth-order valence-electron chi connectivity index (χ4n) is 3.20. The second-order valence-electron chi connectivity index (χ2n) is 6.34. The quantitative estimate of drug-likeness (QED) is 0.788. The van der Waals surface area contributed by atoms with Gasteiger partial charge in [-0.25, -0.2) is 0 Å². The second kappa shape index (κ2) is 8.70. The summed E-state index contributed by atoms with van der Waals surface area (Å²) >= 11 is 6.08. The normalized spacial score (nSPS) is 21.9. The van der Waals surface area contributed by atoms with Gasteiger partial charge >= 0.3 is 0 Å². The molecule has 1 atom stereocenters. The molecule has 3 rings (SSSR count). The summed E-state index contributed by atoms with van der Waals surface area (Å²) in [6, 6.07) is 7.51. The van der Waals surface area contributed by atoms with Crippen molar-refractivity contribution >= 4 is 17.5 Å². The molecule has 0 aromatic heterocycles. The molecule has 132 valence electrons. The molecule has 1 aromatic rings. The molecule has 5 nitrogen and oxygen atoms in total. The minimum Gasteiger partial charge on any atom is -0.491 e. The zero-order chi connectivity index (χ0) is 16.8. The van der Waals surface area contributed by atoms with Gasteiger partial charge in [-0.1, -0.05) is 23.7 Å². The highest BCUT2D eigenvalue weighted by atomic mass is 35.5. The highest BCUT2D eigenvalue weighted by Crippen LogP contribution is 2.23. The Morgan fingerprint density at radius 3 is 2.75 bits per heavy atom. The van der Waals surface area contributed by atoms with Crippen LogP contribution in [0.2, 0.25) is 5.02 Å². The molecule has 2 aliphatic heterocycles. The molecule has 2 saturated heterocycles. The Morgan fingerprint density at radius 2 is 2.04 bits per heavy atom. The van der Waals surface area contributed by atoms with Crippen LogP contribution in [0.5, 0.6) is 5.75 Å². The summed E-state index contributed by atoms with van der Waals surface area (Å²) < 4.78 is 11.3. The van der Waals surface area contributed by atoms with Crippen molar-refractivity contribution in [3.63, 3.8) is 0 Å². The van der Waals surface area contributed by atoms with Gasteiger partial charge < -0.3 is 14.4 Å². The Balaban J connectivity index is 1.34. The van der Waals surface area contributed by atoms with Gasteiger partial charge in [-0.2, -0.15) is 0 Å². The second-order valence-corrected chi connectivity index (χ2v) is 6.75. The van der Waals surface area contributed by atoms with E-state index >= 15 is 0 Å². The number of halogens is 1. The summed E-state index contributed by atoms with van der Waals surface area (Å²) in [5.41, 5.74) is 0. The number of hydrogen-bond acceptors (Lipinski definition) is 4. The van der Waals surface area contributed by atoms with Crippen LogP contribution >= 0.6 is 11.6 Å². The number of carbonyl (C=O) groups excluding carboxylic acids is 1. The predicted octanol–water partition coefficient (Wildman–Crippen LogP) is 2.43. The van der Waals surface area contributed by atoms with Crippen LogP contribution in [-0.2, 0) is 9.53 Å². The van der Waals surface area contributed by atoms with Crippen molar-refractivity contribution in [3.05, 3.63) is 29.3 Å². The van der Waals surface area contributed by atoms with Crippen LogP contribution in [0.3, 0.4) is 0 Å². The van der Waals surface area contributed by atoms with Crippen molar-refractivity contribution in [2.45, 2.75) is 25.4 Å².